The van der Waals surface area contributed by atoms with Crippen molar-refractivity contribution in [2.75, 3.05) is 33.4 Å². The molecule has 2 rings (SSSR count). The van der Waals surface area contributed by atoms with E-state index in [0.717, 1.165) is 31.5 Å². The van der Waals surface area contributed by atoms with E-state index in [1.54, 1.807) is 13.2 Å². The molecule has 0 aliphatic carbocycles. The van der Waals surface area contributed by atoms with Crippen molar-refractivity contribution in [3.8, 4) is 0 Å². The Bertz CT molecular complexity index is 495. The third kappa shape index (κ3) is 5.78. The van der Waals surface area contributed by atoms with Gasteiger partial charge in [-0.25, -0.2) is 0 Å². The standard InChI is InChI=1S/C18H25NO4/c1-22-13-14-23-16-9-11-19(12-10-16)17(18(20)21)8-7-15-5-3-2-4-6-15/h2-8,16-17H,9-14H2,1H3,(H,20,21)/b8-7+/t17-/m0/s1. The van der Waals surface area contributed by atoms with Gasteiger partial charge >= 0.3 is 5.97 Å². The van der Waals surface area contributed by atoms with Crippen molar-refractivity contribution in [3.05, 3.63) is 42.0 Å². The van der Waals surface area contributed by atoms with Crippen LogP contribution in [-0.4, -0.2) is 61.5 Å². The Kier molecular flexibility index (Phi) is 7.26. The number of methoxy groups -OCH3 is 1. The highest BCUT2D eigenvalue weighted by atomic mass is 16.5. The molecule has 1 N–H and O–H groups in total. The molecule has 1 saturated heterocycles. The highest BCUT2D eigenvalue weighted by molar-refractivity contribution is 5.77. The zero-order valence-electron chi connectivity index (χ0n) is 13.6. The van der Waals surface area contributed by atoms with Crippen LogP contribution in [0.25, 0.3) is 6.08 Å². The maximum absolute atomic E-state index is 11.6. The van der Waals surface area contributed by atoms with Gasteiger partial charge in [0.1, 0.15) is 6.04 Å². The molecule has 0 saturated carbocycles. The van der Waals surface area contributed by atoms with Crippen molar-refractivity contribution in [2.24, 2.45) is 0 Å². The van der Waals surface area contributed by atoms with E-state index >= 15 is 0 Å². The summed E-state index contributed by atoms with van der Waals surface area (Å²) in [5, 5.41) is 9.50. The van der Waals surface area contributed by atoms with Gasteiger partial charge in [0.25, 0.3) is 0 Å². The van der Waals surface area contributed by atoms with Gasteiger partial charge in [0.2, 0.25) is 0 Å². The number of rotatable bonds is 8. The molecule has 1 fully saturated rings. The molecular weight excluding hydrogens is 294 g/mol. The topological polar surface area (TPSA) is 59.0 Å². The summed E-state index contributed by atoms with van der Waals surface area (Å²) < 4.78 is 10.7. The van der Waals surface area contributed by atoms with Crippen LogP contribution >= 0.6 is 0 Å². The van der Waals surface area contributed by atoms with Crippen LogP contribution in [0.15, 0.2) is 36.4 Å². The summed E-state index contributed by atoms with van der Waals surface area (Å²) in [7, 11) is 1.66. The fourth-order valence-corrected chi connectivity index (χ4v) is 2.75. The van der Waals surface area contributed by atoms with Crippen molar-refractivity contribution in [1.29, 1.82) is 0 Å². The molecule has 1 heterocycles. The molecule has 126 valence electrons. The van der Waals surface area contributed by atoms with Crippen molar-refractivity contribution >= 4 is 12.0 Å². The van der Waals surface area contributed by atoms with E-state index in [1.165, 1.54) is 0 Å². The number of likely N-dealkylation sites (tertiary alicyclic amines) is 1. The SMILES string of the molecule is COCCOC1CCN([C@@H](/C=C/c2ccccc2)C(=O)O)CC1. The maximum atomic E-state index is 11.6. The highest BCUT2D eigenvalue weighted by Crippen LogP contribution is 2.17. The first-order valence-electron chi connectivity index (χ1n) is 8.01. The van der Waals surface area contributed by atoms with Gasteiger partial charge in [-0.05, 0) is 18.4 Å². The van der Waals surface area contributed by atoms with Crippen LogP contribution in [0.1, 0.15) is 18.4 Å². The molecule has 0 unspecified atom stereocenters. The van der Waals surface area contributed by atoms with Gasteiger partial charge in [-0.2, -0.15) is 0 Å². The van der Waals surface area contributed by atoms with Gasteiger partial charge in [-0.3, -0.25) is 9.69 Å². The van der Waals surface area contributed by atoms with E-state index in [9.17, 15) is 9.90 Å². The smallest absolute Gasteiger partial charge is 0.324 e. The fraction of sp³-hybridized carbons (Fsp3) is 0.500. The van der Waals surface area contributed by atoms with Crippen molar-refractivity contribution in [3.63, 3.8) is 0 Å². The fourth-order valence-electron chi connectivity index (χ4n) is 2.75. The number of benzene rings is 1. The first kappa shape index (κ1) is 17.7. The second-order valence-corrected chi connectivity index (χ2v) is 5.65. The van der Waals surface area contributed by atoms with Crippen molar-refractivity contribution < 1.29 is 19.4 Å². The zero-order valence-corrected chi connectivity index (χ0v) is 13.6. The third-order valence-electron chi connectivity index (χ3n) is 4.03. The number of aliphatic carboxylic acids is 1. The average Bonchev–Trinajstić information content (AvgIpc) is 2.57. The molecule has 0 aromatic heterocycles. The Morgan fingerprint density at radius 3 is 2.61 bits per heavy atom. The van der Waals surface area contributed by atoms with Gasteiger partial charge in [-0.1, -0.05) is 42.5 Å². The van der Waals surface area contributed by atoms with Crippen LogP contribution in [0, 0.1) is 0 Å². The third-order valence-corrected chi connectivity index (χ3v) is 4.03. The lowest BCUT2D eigenvalue weighted by Gasteiger charge is -2.34. The summed E-state index contributed by atoms with van der Waals surface area (Å²) in [6, 6.07) is 9.17. The Balaban J connectivity index is 1.87. The van der Waals surface area contributed by atoms with Crippen LogP contribution in [0.5, 0.6) is 0 Å². The lowest BCUT2D eigenvalue weighted by atomic mass is 10.0. The number of hydrogen-bond acceptors (Lipinski definition) is 4. The number of carbonyl (C=O) groups is 1. The van der Waals surface area contributed by atoms with Crippen LogP contribution in [-0.2, 0) is 14.3 Å². The molecule has 0 amide bonds. The Morgan fingerprint density at radius 2 is 2.00 bits per heavy atom. The molecule has 1 aromatic rings. The molecule has 5 nitrogen and oxygen atoms in total. The normalized spacial score (nSPS) is 18.3. The summed E-state index contributed by atoms with van der Waals surface area (Å²) in [4.78, 5) is 13.6. The molecule has 0 spiro atoms. The number of ether oxygens (including phenoxy) is 2. The Labute approximate surface area is 137 Å². The van der Waals surface area contributed by atoms with Gasteiger partial charge in [-0.15, -0.1) is 0 Å². The molecule has 1 aliphatic heterocycles. The number of carboxylic acid groups (broad SMARTS) is 1. The minimum absolute atomic E-state index is 0.203. The van der Waals surface area contributed by atoms with Gasteiger partial charge in [0, 0.05) is 20.2 Å². The van der Waals surface area contributed by atoms with Gasteiger partial charge in [0.05, 0.1) is 19.3 Å². The lowest BCUT2D eigenvalue weighted by molar-refractivity contribution is -0.142. The molecule has 1 aliphatic rings. The van der Waals surface area contributed by atoms with Crippen molar-refractivity contribution in [2.45, 2.75) is 25.0 Å². The molecular formula is C18H25NO4. The van der Waals surface area contributed by atoms with Crippen LogP contribution in [0.3, 0.4) is 0 Å². The minimum atomic E-state index is -0.809. The summed E-state index contributed by atoms with van der Waals surface area (Å²) in [5.41, 5.74) is 1.01. The minimum Gasteiger partial charge on any atom is -0.480 e. The summed E-state index contributed by atoms with van der Waals surface area (Å²) in [6.07, 6.45) is 5.55. The zero-order chi connectivity index (χ0) is 16.5. The molecule has 1 atom stereocenters. The quantitative estimate of drug-likeness (QED) is 0.745. The van der Waals surface area contributed by atoms with E-state index in [4.69, 9.17) is 9.47 Å². The monoisotopic (exact) mass is 319 g/mol. The largest absolute Gasteiger partial charge is 0.480 e. The Hall–Kier alpha value is -1.69. The van der Waals surface area contributed by atoms with Crippen molar-refractivity contribution in [1.82, 2.24) is 4.90 Å². The summed E-state index contributed by atoms with van der Waals surface area (Å²) in [5.74, 6) is -0.809. The number of nitrogens with zero attached hydrogens (tertiary/aromatic N) is 1. The van der Waals surface area contributed by atoms with E-state index in [0.29, 0.717) is 13.2 Å². The maximum Gasteiger partial charge on any atom is 0.324 e. The first-order valence-corrected chi connectivity index (χ1v) is 8.01. The summed E-state index contributed by atoms with van der Waals surface area (Å²) >= 11 is 0. The van der Waals surface area contributed by atoms with Gasteiger partial charge < -0.3 is 14.6 Å². The van der Waals surface area contributed by atoms with E-state index in [1.807, 2.05) is 41.3 Å². The van der Waals surface area contributed by atoms with E-state index in [-0.39, 0.29) is 6.10 Å². The molecule has 23 heavy (non-hydrogen) atoms. The van der Waals surface area contributed by atoms with Crippen LogP contribution < -0.4 is 0 Å². The number of hydrogen-bond donors (Lipinski definition) is 1. The number of carboxylic acids is 1. The molecule has 1 aromatic carbocycles. The molecule has 0 radical (unpaired) electrons. The predicted molar refractivity (Wildman–Crippen MR) is 89.3 cm³/mol. The summed E-state index contributed by atoms with van der Waals surface area (Å²) in [6.45, 7) is 2.65. The Morgan fingerprint density at radius 1 is 1.30 bits per heavy atom. The van der Waals surface area contributed by atoms with E-state index in [2.05, 4.69) is 0 Å². The lowest BCUT2D eigenvalue weighted by Crippen LogP contribution is -2.46. The average molecular weight is 319 g/mol. The second-order valence-electron chi connectivity index (χ2n) is 5.65. The first-order chi connectivity index (χ1) is 11.2. The van der Waals surface area contributed by atoms with Crippen LogP contribution in [0.4, 0.5) is 0 Å². The molecule has 5 heteroatoms. The molecule has 0 bridgehead atoms. The highest BCUT2D eigenvalue weighted by Gasteiger charge is 2.28. The van der Waals surface area contributed by atoms with Gasteiger partial charge in [0.15, 0.2) is 0 Å². The number of piperidine rings is 1. The predicted octanol–water partition coefficient (Wildman–Crippen LogP) is 2.28. The van der Waals surface area contributed by atoms with E-state index < -0.39 is 12.0 Å². The second kappa shape index (κ2) is 9.45. The van der Waals surface area contributed by atoms with Crippen LogP contribution in [0.2, 0.25) is 0 Å².